The Balaban J connectivity index is 1.94. The van der Waals surface area contributed by atoms with Crippen molar-refractivity contribution in [3.8, 4) is 5.75 Å². The number of hydrogen-bond donors (Lipinski definition) is 2. The molecule has 0 radical (unpaired) electrons. The van der Waals surface area contributed by atoms with Gasteiger partial charge in [-0.15, -0.1) is 0 Å². The lowest BCUT2D eigenvalue weighted by Crippen LogP contribution is -2.30. The molecule has 1 aromatic carbocycles. The van der Waals surface area contributed by atoms with Gasteiger partial charge >= 0.3 is 0 Å². The predicted molar refractivity (Wildman–Crippen MR) is 89.8 cm³/mol. The van der Waals surface area contributed by atoms with Gasteiger partial charge < -0.3 is 15.4 Å². The molecule has 0 fully saturated rings. The zero-order chi connectivity index (χ0) is 16.7. The highest BCUT2D eigenvalue weighted by atomic mass is 16.5. The molecule has 0 atom stereocenters. The van der Waals surface area contributed by atoms with Crippen LogP contribution in [0.1, 0.15) is 29.9 Å². The molecule has 2 N–H and O–H groups in total. The zero-order valence-corrected chi connectivity index (χ0v) is 13.7. The number of ether oxygens (including phenoxy) is 1. The predicted octanol–water partition coefficient (Wildman–Crippen LogP) is 2.28. The molecule has 1 aromatic heterocycles. The van der Waals surface area contributed by atoms with Gasteiger partial charge in [0.15, 0.2) is 0 Å². The maximum absolute atomic E-state index is 11.9. The Morgan fingerprint density at radius 1 is 1.26 bits per heavy atom. The highest BCUT2D eigenvalue weighted by Gasteiger charge is 2.09. The van der Waals surface area contributed by atoms with Crippen LogP contribution in [0.2, 0.25) is 0 Å². The quantitative estimate of drug-likeness (QED) is 0.820. The number of amides is 1. The van der Waals surface area contributed by atoms with Crippen LogP contribution in [-0.2, 0) is 6.42 Å². The number of nitrogens with one attached hydrogen (secondary N) is 2. The number of methoxy groups -OCH3 is 1. The number of aromatic nitrogens is 2. The van der Waals surface area contributed by atoms with E-state index in [0.717, 1.165) is 17.7 Å². The molecule has 0 unspecified atom stereocenters. The van der Waals surface area contributed by atoms with Crippen LogP contribution in [0.4, 0.5) is 5.82 Å². The molecule has 0 aliphatic rings. The van der Waals surface area contributed by atoms with E-state index in [1.54, 1.807) is 13.2 Å². The monoisotopic (exact) mass is 314 g/mol. The molecule has 0 spiro atoms. The van der Waals surface area contributed by atoms with Gasteiger partial charge in [0.05, 0.1) is 7.11 Å². The van der Waals surface area contributed by atoms with Crippen molar-refractivity contribution >= 4 is 11.7 Å². The topological polar surface area (TPSA) is 76.1 Å². The summed E-state index contributed by atoms with van der Waals surface area (Å²) in [4.78, 5) is 20.1. The molecule has 1 amide bonds. The highest BCUT2D eigenvalue weighted by molar-refractivity contribution is 5.92. The molecule has 6 nitrogen and oxygen atoms in total. The van der Waals surface area contributed by atoms with Gasteiger partial charge in [0.25, 0.3) is 5.91 Å². The van der Waals surface area contributed by atoms with E-state index in [1.165, 1.54) is 6.33 Å². The summed E-state index contributed by atoms with van der Waals surface area (Å²) < 4.78 is 5.33. The normalized spacial score (nSPS) is 10.4. The summed E-state index contributed by atoms with van der Waals surface area (Å²) in [7, 11) is 1.66. The number of anilines is 1. The second kappa shape index (κ2) is 8.12. The van der Waals surface area contributed by atoms with Crippen molar-refractivity contribution in [2.75, 3.05) is 19.0 Å². The molecule has 122 valence electrons. The van der Waals surface area contributed by atoms with Crippen LogP contribution < -0.4 is 15.4 Å². The molecule has 23 heavy (non-hydrogen) atoms. The van der Waals surface area contributed by atoms with Gasteiger partial charge in [0.2, 0.25) is 0 Å². The standard InChI is InChI=1S/C17H22N4O2/c1-12(2)21-17(22)14-10-16(20-11-19-14)18-9-8-13-6-4-5-7-15(13)23-3/h4-7,10-12H,8-9H2,1-3H3,(H,21,22)(H,18,19,20). The third kappa shape index (κ3) is 4.95. The largest absolute Gasteiger partial charge is 0.496 e. The van der Waals surface area contributed by atoms with Crippen LogP contribution in [-0.4, -0.2) is 35.6 Å². The van der Waals surface area contributed by atoms with E-state index in [4.69, 9.17) is 4.74 Å². The highest BCUT2D eigenvalue weighted by Crippen LogP contribution is 2.17. The van der Waals surface area contributed by atoms with E-state index in [2.05, 4.69) is 20.6 Å². The van der Waals surface area contributed by atoms with Crippen molar-refractivity contribution in [1.82, 2.24) is 15.3 Å². The minimum Gasteiger partial charge on any atom is -0.496 e. The maximum Gasteiger partial charge on any atom is 0.270 e. The van der Waals surface area contributed by atoms with Crippen LogP contribution in [0, 0.1) is 0 Å². The van der Waals surface area contributed by atoms with E-state index >= 15 is 0 Å². The molecule has 0 bridgehead atoms. The van der Waals surface area contributed by atoms with E-state index in [9.17, 15) is 4.79 Å². The molecular formula is C17H22N4O2. The van der Waals surface area contributed by atoms with Crippen molar-refractivity contribution in [1.29, 1.82) is 0 Å². The van der Waals surface area contributed by atoms with Crippen molar-refractivity contribution in [2.24, 2.45) is 0 Å². The van der Waals surface area contributed by atoms with Crippen molar-refractivity contribution in [3.05, 3.63) is 47.9 Å². The van der Waals surface area contributed by atoms with Crippen LogP contribution >= 0.6 is 0 Å². The van der Waals surface area contributed by atoms with Crippen LogP contribution in [0.3, 0.4) is 0 Å². The minimum absolute atomic E-state index is 0.0689. The molecule has 2 aromatic rings. The summed E-state index contributed by atoms with van der Waals surface area (Å²) >= 11 is 0. The lowest BCUT2D eigenvalue weighted by molar-refractivity contribution is 0.0938. The third-order valence-corrected chi connectivity index (χ3v) is 3.21. The Hall–Kier alpha value is -2.63. The first-order chi connectivity index (χ1) is 11.1. The average molecular weight is 314 g/mol. The van der Waals surface area contributed by atoms with Gasteiger partial charge in [-0.25, -0.2) is 9.97 Å². The Kier molecular flexibility index (Phi) is 5.91. The van der Waals surface area contributed by atoms with Gasteiger partial charge in [0, 0.05) is 18.7 Å². The molecule has 0 aliphatic heterocycles. The molecule has 2 rings (SSSR count). The Morgan fingerprint density at radius 2 is 2.04 bits per heavy atom. The minimum atomic E-state index is -0.199. The van der Waals surface area contributed by atoms with Crippen LogP contribution in [0.25, 0.3) is 0 Å². The fourth-order valence-electron chi connectivity index (χ4n) is 2.15. The van der Waals surface area contributed by atoms with Crippen molar-refractivity contribution in [2.45, 2.75) is 26.3 Å². The summed E-state index contributed by atoms with van der Waals surface area (Å²) in [5, 5.41) is 6.02. The van der Waals surface area contributed by atoms with Gasteiger partial charge in [0.1, 0.15) is 23.6 Å². The number of nitrogens with zero attached hydrogens (tertiary/aromatic N) is 2. The molecule has 6 heteroatoms. The molecular weight excluding hydrogens is 292 g/mol. The van der Waals surface area contributed by atoms with Crippen LogP contribution in [0.5, 0.6) is 5.75 Å². The van der Waals surface area contributed by atoms with Crippen LogP contribution in [0.15, 0.2) is 36.7 Å². The van der Waals surface area contributed by atoms with Gasteiger partial charge in [-0.3, -0.25) is 4.79 Å². The number of hydrogen-bond acceptors (Lipinski definition) is 5. The fourth-order valence-corrected chi connectivity index (χ4v) is 2.15. The number of carbonyl (C=O) groups excluding carboxylic acids is 1. The summed E-state index contributed by atoms with van der Waals surface area (Å²) in [6, 6.07) is 9.62. The lowest BCUT2D eigenvalue weighted by Gasteiger charge is -2.10. The Morgan fingerprint density at radius 3 is 2.78 bits per heavy atom. The number of para-hydroxylation sites is 1. The number of rotatable bonds is 7. The molecule has 0 aliphatic carbocycles. The number of benzene rings is 1. The lowest BCUT2D eigenvalue weighted by atomic mass is 10.1. The number of carbonyl (C=O) groups is 1. The maximum atomic E-state index is 11.9. The van der Waals surface area contributed by atoms with E-state index in [1.807, 2.05) is 38.1 Å². The molecule has 1 heterocycles. The zero-order valence-electron chi connectivity index (χ0n) is 13.7. The Bertz CT molecular complexity index is 659. The summed E-state index contributed by atoms with van der Waals surface area (Å²) in [6.45, 7) is 4.50. The first kappa shape index (κ1) is 16.7. The van der Waals surface area contributed by atoms with Crippen molar-refractivity contribution in [3.63, 3.8) is 0 Å². The van der Waals surface area contributed by atoms with Crippen molar-refractivity contribution < 1.29 is 9.53 Å². The first-order valence-electron chi connectivity index (χ1n) is 7.59. The van der Waals surface area contributed by atoms with Gasteiger partial charge in [-0.2, -0.15) is 0 Å². The smallest absolute Gasteiger partial charge is 0.270 e. The summed E-state index contributed by atoms with van der Waals surface area (Å²) in [6.07, 6.45) is 2.18. The van der Waals surface area contributed by atoms with Gasteiger partial charge in [-0.1, -0.05) is 18.2 Å². The second-order valence-corrected chi connectivity index (χ2v) is 5.41. The van der Waals surface area contributed by atoms with E-state index in [0.29, 0.717) is 18.1 Å². The SMILES string of the molecule is COc1ccccc1CCNc1cc(C(=O)NC(C)C)ncn1. The summed E-state index contributed by atoms with van der Waals surface area (Å²) in [5.74, 6) is 1.30. The first-order valence-corrected chi connectivity index (χ1v) is 7.59. The van der Waals surface area contributed by atoms with E-state index in [-0.39, 0.29) is 11.9 Å². The summed E-state index contributed by atoms with van der Waals surface area (Å²) in [5.41, 5.74) is 1.47. The average Bonchev–Trinajstić information content (AvgIpc) is 2.55. The Labute approximate surface area is 136 Å². The second-order valence-electron chi connectivity index (χ2n) is 5.41. The molecule has 0 saturated carbocycles. The third-order valence-electron chi connectivity index (χ3n) is 3.21. The fraction of sp³-hybridized carbons (Fsp3) is 0.353. The van der Waals surface area contributed by atoms with E-state index < -0.39 is 0 Å². The van der Waals surface area contributed by atoms with Gasteiger partial charge in [-0.05, 0) is 31.9 Å². The molecule has 0 saturated heterocycles.